The van der Waals surface area contributed by atoms with E-state index in [2.05, 4.69) is 22.5 Å². The average Bonchev–Trinajstić information content (AvgIpc) is 3.24. The number of ether oxygens (including phenoxy) is 2. The normalized spacial score (nSPS) is 16.7. The molecule has 22 heavy (non-hydrogen) atoms. The molecule has 0 atom stereocenters. The van der Waals surface area contributed by atoms with Crippen LogP contribution in [0.3, 0.4) is 0 Å². The van der Waals surface area contributed by atoms with Crippen molar-refractivity contribution in [3.63, 3.8) is 0 Å². The Balaban J connectivity index is 1.50. The van der Waals surface area contributed by atoms with Crippen LogP contribution in [0, 0.1) is 5.92 Å². The fourth-order valence-corrected chi connectivity index (χ4v) is 2.56. The van der Waals surface area contributed by atoms with Crippen LogP contribution in [0.1, 0.15) is 38.2 Å². The Morgan fingerprint density at radius 2 is 2.09 bits per heavy atom. The fourth-order valence-electron chi connectivity index (χ4n) is 2.56. The molecule has 2 aliphatic rings. The third-order valence-electron chi connectivity index (χ3n) is 3.98. The summed E-state index contributed by atoms with van der Waals surface area (Å²) in [6.07, 6.45) is 5.42. The van der Waals surface area contributed by atoms with Gasteiger partial charge in [-0.05, 0) is 43.4 Å². The summed E-state index contributed by atoms with van der Waals surface area (Å²) in [5, 5.41) is 6.70. The van der Waals surface area contributed by atoms with Crippen molar-refractivity contribution in [1.82, 2.24) is 10.6 Å². The van der Waals surface area contributed by atoms with Crippen molar-refractivity contribution in [1.29, 1.82) is 0 Å². The molecule has 0 radical (unpaired) electrons. The van der Waals surface area contributed by atoms with Gasteiger partial charge in [-0.15, -0.1) is 0 Å². The lowest BCUT2D eigenvalue weighted by Gasteiger charge is -2.11. The number of hydrogen-bond acceptors (Lipinski definition) is 3. The van der Waals surface area contributed by atoms with Gasteiger partial charge >= 0.3 is 0 Å². The van der Waals surface area contributed by atoms with Crippen molar-refractivity contribution in [2.45, 2.75) is 39.2 Å². The summed E-state index contributed by atoms with van der Waals surface area (Å²) < 4.78 is 10.7. The molecule has 1 saturated carbocycles. The van der Waals surface area contributed by atoms with Crippen molar-refractivity contribution in [2.24, 2.45) is 10.9 Å². The maximum atomic E-state index is 5.40. The molecule has 0 amide bonds. The van der Waals surface area contributed by atoms with E-state index in [9.17, 15) is 0 Å². The number of nitrogens with one attached hydrogen (secondary N) is 2. The Morgan fingerprint density at radius 1 is 1.23 bits per heavy atom. The predicted molar refractivity (Wildman–Crippen MR) is 87.3 cm³/mol. The molecule has 1 fully saturated rings. The first-order valence-corrected chi connectivity index (χ1v) is 8.26. The quantitative estimate of drug-likeness (QED) is 0.462. The largest absolute Gasteiger partial charge is 0.454 e. The summed E-state index contributed by atoms with van der Waals surface area (Å²) in [6.45, 7) is 4.89. The zero-order chi connectivity index (χ0) is 15.2. The molecule has 1 aliphatic heterocycles. The molecule has 0 aromatic heterocycles. The molecule has 1 aromatic carbocycles. The van der Waals surface area contributed by atoms with E-state index in [4.69, 9.17) is 9.47 Å². The van der Waals surface area contributed by atoms with Crippen LogP contribution in [0.15, 0.2) is 23.2 Å². The maximum absolute atomic E-state index is 5.40. The smallest absolute Gasteiger partial charge is 0.231 e. The summed E-state index contributed by atoms with van der Waals surface area (Å²) in [4.78, 5) is 4.64. The summed E-state index contributed by atoms with van der Waals surface area (Å²) in [5.74, 6) is 3.51. The molecule has 0 unspecified atom stereocenters. The van der Waals surface area contributed by atoms with Gasteiger partial charge in [-0.3, -0.25) is 0 Å². The van der Waals surface area contributed by atoms with Crippen molar-refractivity contribution >= 4 is 5.96 Å². The van der Waals surface area contributed by atoms with E-state index in [-0.39, 0.29) is 0 Å². The van der Waals surface area contributed by atoms with Gasteiger partial charge in [0.15, 0.2) is 17.5 Å². The molecule has 1 heterocycles. The van der Waals surface area contributed by atoms with Gasteiger partial charge in [0.05, 0.1) is 6.54 Å². The highest BCUT2D eigenvalue weighted by molar-refractivity contribution is 5.79. The lowest BCUT2D eigenvalue weighted by Crippen LogP contribution is -2.37. The van der Waals surface area contributed by atoms with E-state index in [1.54, 1.807) is 0 Å². The summed E-state index contributed by atoms with van der Waals surface area (Å²) in [6, 6.07) is 5.99. The first-order chi connectivity index (χ1) is 10.8. The number of rotatable bonds is 7. The van der Waals surface area contributed by atoms with E-state index in [0.717, 1.165) is 42.0 Å². The standard InChI is InChI=1S/C17H25N3O2/c1-2-18-17(19-9-3-4-13-5-6-13)20-11-14-7-8-15-16(10-14)22-12-21-15/h7-8,10,13H,2-6,9,11-12H2,1H3,(H2,18,19,20). The third-order valence-corrected chi connectivity index (χ3v) is 3.98. The number of aliphatic imine (C=N–C) groups is 1. The van der Waals surface area contributed by atoms with Crippen LogP contribution in [0.2, 0.25) is 0 Å². The molecule has 1 aliphatic carbocycles. The van der Waals surface area contributed by atoms with Gasteiger partial charge in [-0.1, -0.05) is 18.9 Å². The molecule has 120 valence electrons. The van der Waals surface area contributed by atoms with Gasteiger partial charge in [0.1, 0.15) is 0 Å². The number of benzene rings is 1. The fraction of sp³-hybridized carbons (Fsp3) is 0.588. The second-order valence-corrected chi connectivity index (χ2v) is 5.90. The number of hydrogen-bond donors (Lipinski definition) is 2. The van der Waals surface area contributed by atoms with E-state index in [0.29, 0.717) is 13.3 Å². The van der Waals surface area contributed by atoms with E-state index in [1.165, 1.54) is 25.7 Å². The Kier molecular flexibility index (Phi) is 5.03. The second kappa shape index (κ2) is 7.38. The van der Waals surface area contributed by atoms with Crippen LogP contribution >= 0.6 is 0 Å². The predicted octanol–water partition coefficient (Wildman–Crippen LogP) is 2.66. The minimum atomic E-state index is 0.313. The number of fused-ring (bicyclic) bond motifs is 1. The van der Waals surface area contributed by atoms with Crippen LogP contribution in [0.5, 0.6) is 11.5 Å². The summed E-state index contributed by atoms with van der Waals surface area (Å²) in [5.41, 5.74) is 1.12. The van der Waals surface area contributed by atoms with Crippen molar-refractivity contribution in [3.8, 4) is 11.5 Å². The lowest BCUT2D eigenvalue weighted by atomic mass is 10.2. The van der Waals surface area contributed by atoms with Crippen LogP contribution in [0.25, 0.3) is 0 Å². The Bertz CT molecular complexity index is 527. The first-order valence-electron chi connectivity index (χ1n) is 8.26. The third kappa shape index (κ3) is 4.29. The van der Waals surface area contributed by atoms with Gasteiger partial charge in [0, 0.05) is 13.1 Å². The Labute approximate surface area is 132 Å². The highest BCUT2D eigenvalue weighted by Crippen LogP contribution is 2.33. The van der Waals surface area contributed by atoms with Crippen LogP contribution < -0.4 is 20.1 Å². The van der Waals surface area contributed by atoms with Gasteiger partial charge in [-0.25, -0.2) is 4.99 Å². The molecular formula is C17H25N3O2. The summed E-state index contributed by atoms with van der Waals surface area (Å²) in [7, 11) is 0. The molecule has 5 nitrogen and oxygen atoms in total. The van der Waals surface area contributed by atoms with E-state index in [1.807, 2.05) is 18.2 Å². The molecule has 2 N–H and O–H groups in total. The average molecular weight is 303 g/mol. The van der Waals surface area contributed by atoms with Crippen molar-refractivity contribution < 1.29 is 9.47 Å². The van der Waals surface area contributed by atoms with Gasteiger partial charge in [0.2, 0.25) is 6.79 Å². The first kappa shape index (κ1) is 15.0. The summed E-state index contributed by atoms with van der Waals surface area (Å²) >= 11 is 0. The van der Waals surface area contributed by atoms with E-state index >= 15 is 0 Å². The molecule has 0 saturated heterocycles. The lowest BCUT2D eigenvalue weighted by molar-refractivity contribution is 0.174. The SMILES string of the molecule is CCNC(=NCc1ccc2c(c1)OCO2)NCCCC1CC1. The highest BCUT2D eigenvalue weighted by atomic mass is 16.7. The van der Waals surface area contributed by atoms with Gasteiger partial charge in [0.25, 0.3) is 0 Å². The zero-order valence-corrected chi connectivity index (χ0v) is 13.2. The second-order valence-electron chi connectivity index (χ2n) is 5.90. The zero-order valence-electron chi connectivity index (χ0n) is 13.2. The Hall–Kier alpha value is -1.91. The molecule has 1 aromatic rings. The van der Waals surface area contributed by atoms with E-state index < -0.39 is 0 Å². The van der Waals surface area contributed by atoms with Gasteiger partial charge < -0.3 is 20.1 Å². The maximum Gasteiger partial charge on any atom is 0.231 e. The molecule has 5 heteroatoms. The van der Waals surface area contributed by atoms with Gasteiger partial charge in [-0.2, -0.15) is 0 Å². The van der Waals surface area contributed by atoms with Crippen molar-refractivity contribution in [2.75, 3.05) is 19.9 Å². The molecule has 0 spiro atoms. The monoisotopic (exact) mass is 303 g/mol. The minimum absolute atomic E-state index is 0.313. The minimum Gasteiger partial charge on any atom is -0.454 e. The van der Waals surface area contributed by atoms with Crippen LogP contribution in [-0.4, -0.2) is 25.8 Å². The highest BCUT2D eigenvalue weighted by Gasteiger charge is 2.20. The Morgan fingerprint density at radius 3 is 2.91 bits per heavy atom. The molecule has 3 rings (SSSR count). The van der Waals surface area contributed by atoms with Crippen LogP contribution in [-0.2, 0) is 6.54 Å². The number of nitrogens with zero attached hydrogens (tertiary/aromatic N) is 1. The van der Waals surface area contributed by atoms with Crippen LogP contribution in [0.4, 0.5) is 0 Å². The topological polar surface area (TPSA) is 54.9 Å². The van der Waals surface area contributed by atoms with Crippen molar-refractivity contribution in [3.05, 3.63) is 23.8 Å². The number of guanidine groups is 1. The molecular weight excluding hydrogens is 278 g/mol. The molecule has 0 bridgehead atoms.